The molecule has 3 fully saturated rings. The Morgan fingerprint density at radius 1 is 1.14 bits per heavy atom. The summed E-state index contributed by atoms with van der Waals surface area (Å²) in [6, 6.07) is 3.72. The lowest BCUT2D eigenvalue weighted by molar-refractivity contribution is -0.103. The highest BCUT2D eigenvalue weighted by Crippen LogP contribution is 2.48. The van der Waals surface area contributed by atoms with Crippen molar-refractivity contribution in [2.45, 2.75) is 76.5 Å². The SMILES string of the molecule is CC1(C)CN(C(=O)NC2CCC3(CCCCO3)CC2)C1c1ccc(F)c(F)c1. The summed E-state index contributed by atoms with van der Waals surface area (Å²) in [7, 11) is 0. The predicted octanol–water partition coefficient (Wildman–Crippen LogP) is 4.94. The van der Waals surface area contributed by atoms with Gasteiger partial charge >= 0.3 is 6.03 Å². The summed E-state index contributed by atoms with van der Waals surface area (Å²) in [5.41, 5.74) is 0.504. The van der Waals surface area contributed by atoms with Crippen LogP contribution in [-0.2, 0) is 4.74 Å². The lowest BCUT2D eigenvalue weighted by Crippen LogP contribution is -2.61. The molecule has 2 heterocycles. The van der Waals surface area contributed by atoms with E-state index in [0.29, 0.717) is 12.1 Å². The van der Waals surface area contributed by atoms with Gasteiger partial charge in [-0.05, 0) is 62.6 Å². The molecular formula is C22H30F2N2O2. The molecule has 1 N–H and O–H groups in total. The summed E-state index contributed by atoms with van der Waals surface area (Å²) in [6.45, 7) is 5.55. The number of amides is 2. The second-order valence-electron chi connectivity index (χ2n) is 9.40. The molecule has 6 heteroatoms. The van der Waals surface area contributed by atoms with Gasteiger partial charge < -0.3 is 15.0 Å². The quantitative estimate of drug-likeness (QED) is 0.775. The monoisotopic (exact) mass is 392 g/mol. The van der Waals surface area contributed by atoms with E-state index in [-0.39, 0.29) is 29.1 Å². The van der Waals surface area contributed by atoms with E-state index < -0.39 is 11.6 Å². The molecule has 1 aromatic rings. The number of carbonyl (C=O) groups excluding carboxylic acids is 1. The van der Waals surface area contributed by atoms with Crippen LogP contribution in [0.2, 0.25) is 0 Å². The van der Waals surface area contributed by atoms with Crippen LogP contribution < -0.4 is 5.32 Å². The minimum atomic E-state index is -0.870. The number of ether oxygens (including phenoxy) is 1. The van der Waals surface area contributed by atoms with E-state index in [1.807, 2.05) is 13.8 Å². The van der Waals surface area contributed by atoms with Crippen LogP contribution in [0.1, 0.15) is 70.4 Å². The normalized spacial score (nSPS) is 32.1. The maximum absolute atomic E-state index is 13.7. The standard InChI is InChI=1S/C22H30F2N2O2/c1-21(2)14-26(19(21)15-5-6-17(23)18(24)13-15)20(27)25-16-7-10-22(11-8-16)9-3-4-12-28-22/h5-6,13,16,19H,3-4,7-12,14H2,1-2H3,(H,25,27). The van der Waals surface area contributed by atoms with E-state index in [2.05, 4.69) is 5.32 Å². The minimum absolute atomic E-state index is 0.0341. The second-order valence-corrected chi connectivity index (χ2v) is 9.40. The number of nitrogens with one attached hydrogen (secondary N) is 1. The number of nitrogens with zero attached hydrogens (tertiary/aromatic N) is 1. The van der Waals surface area contributed by atoms with Crippen LogP contribution in [0.4, 0.5) is 13.6 Å². The van der Waals surface area contributed by atoms with E-state index >= 15 is 0 Å². The topological polar surface area (TPSA) is 41.6 Å². The molecule has 28 heavy (non-hydrogen) atoms. The molecule has 154 valence electrons. The average molecular weight is 392 g/mol. The number of urea groups is 1. The van der Waals surface area contributed by atoms with Crippen LogP contribution >= 0.6 is 0 Å². The lowest BCUT2D eigenvalue weighted by atomic mass is 9.72. The van der Waals surface area contributed by atoms with Crippen molar-refractivity contribution in [1.29, 1.82) is 0 Å². The van der Waals surface area contributed by atoms with Gasteiger partial charge in [-0.3, -0.25) is 0 Å². The summed E-state index contributed by atoms with van der Waals surface area (Å²) in [5, 5.41) is 3.17. The molecule has 1 atom stereocenters. The maximum Gasteiger partial charge on any atom is 0.318 e. The van der Waals surface area contributed by atoms with Gasteiger partial charge in [-0.1, -0.05) is 19.9 Å². The van der Waals surface area contributed by atoms with Crippen LogP contribution in [0.5, 0.6) is 0 Å². The first-order chi connectivity index (χ1) is 13.3. The van der Waals surface area contributed by atoms with Crippen molar-refractivity contribution in [1.82, 2.24) is 10.2 Å². The Bertz CT molecular complexity index is 736. The summed E-state index contributed by atoms with van der Waals surface area (Å²) >= 11 is 0. The number of halogens is 2. The summed E-state index contributed by atoms with van der Waals surface area (Å²) in [6.07, 6.45) is 7.36. The molecule has 3 aliphatic rings. The summed E-state index contributed by atoms with van der Waals surface area (Å²) in [5.74, 6) is -1.73. The molecule has 1 aliphatic carbocycles. The molecule has 1 aromatic carbocycles. The van der Waals surface area contributed by atoms with Gasteiger partial charge in [0.25, 0.3) is 0 Å². The van der Waals surface area contributed by atoms with Crippen molar-refractivity contribution in [3.8, 4) is 0 Å². The molecule has 2 saturated heterocycles. The molecule has 0 radical (unpaired) electrons. The van der Waals surface area contributed by atoms with Crippen molar-refractivity contribution in [2.24, 2.45) is 5.41 Å². The van der Waals surface area contributed by atoms with Crippen LogP contribution in [-0.4, -0.2) is 35.7 Å². The summed E-state index contributed by atoms with van der Waals surface area (Å²) in [4.78, 5) is 14.6. The molecule has 4 rings (SSSR count). The first-order valence-corrected chi connectivity index (χ1v) is 10.5. The maximum atomic E-state index is 13.7. The molecule has 1 spiro atoms. The second kappa shape index (κ2) is 7.29. The van der Waals surface area contributed by atoms with E-state index in [1.54, 1.807) is 11.0 Å². The third-order valence-electron chi connectivity index (χ3n) is 6.81. The van der Waals surface area contributed by atoms with Crippen molar-refractivity contribution in [3.05, 3.63) is 35.4 Å². The number of carbonyl (C=O) groups is 1. The highest BCUT2D eigenvalue weighted by Gasteiger charge is 2.49. The van der Waals surface area contributed by atoms with Gasteiger partial charge in [0.1, 0.15) is 0 Å². The Hall–Kier alpha value is -1.69. The smallest absolute Gasteiger partial charge is 0.318 e. The van der Waals surface area contributed by atoms with Gasteiger partial charge in [0, 0.05) is 24.6 Å². The van der Waals surface area contributed by atoms with Crippen molar-refractivity contribution < 1.29 is 18.3 Å². The Morgan fingerprint density at radius 3 is 2.50 bits per heavy atom. The van der Waals surface area contributed by atoms with Gasteiger partial charge in [-0.2, -0.15) is 0 Å². The number of likely N-dealkylation sites (tertiary alicyclic amines) is 1. The Balaban J connectivity index is 1.38. The lowest BCUT2D eigenvalue weighted by Gasteiger charge is -2.54. The van der Waals surface area contributed by atoms with E-state index in [0.717, 1.165) is 51.2 Å². The number of rotatable bonds is 2. The molecule has 1 saturated carbocycles. The predicted molar refractivity (Wildman–Crippen MR) is 103 cm³/mol. The Labute approximate surface area is 165 Å². The molecule has 0 bridgehead atoms. The van der Waals surface area contributed by atoms with Crippen LogP contribution in [0.15, 0.2) is 18.2 Å². The number of hydrogen-bond acceptors (Lipinski definition) is 2. The van der Waals surface area contributed by atoms with Crippen LogP contribution in [0.25, 0.3) is 0 Å². The third kappa shape index (κ3) is 3.63. The van der Waals surface area contributed by atoms with Crippen molar-refractivity contribution in [3.63, 3.8) is 0 Å². The van der Waals surface area contributed by atoms with Gasteiger partial charge in [0.2, 0.25) is 0 Å². The molecule has 1 unspecified atom stereocenters. The van der Waals surface area contributed by atoms with Gasteiger partial charge in [-0.25, -0.2) is 13.6 Å². The van der Waals surface area contributed by atoms with Gasteiger partial charge in [0.15, 0.2) is 11.6 Å². The number of hydrogen-bond donors (Lipinski definition) is 1. The van der Waals surface area contributed by atoms with E-state index in [4.69, 9.17) is 4.74 Å². The van der Waals surface area contributed by atoms with Crippen LogP contribution in [0, 0.1) is 17.0 Å². The fourth-order valence-corrected chi connectivity index (χ4v) is 5.28. The van der Waals surface area contributed by atoms with E-state index in [9.17, 15) is 13.6 Å². The fourth-order valence-electron chi connectivity index (χ4n) is 5.28. The largest absolute Gasteiger partial charge is 0.375 e. The molecule has 2 amide bonds. The minimum Gasteiger partial charge on any atom is -0.375 e. The highest BCUT2D eigenvalue weighted by atomic mass is 19.2. The molecule has 2 aliphatic heterocycles. The van der Waals surface area contributed by atoms with Crippen molar-refractivity contribution in [2.75, 3.05) is 13.2 Å². The summed E-state index contributed by atoms with van der Waals surface area (Å²) < 4.78 is 33.1. The molecular weight excluding hydrogens is 362 g/mol. The first-order valence-electron chi connectivity index (χ1n) is 10.5. The molecule has 4 nitrogen and oxygen atoms in total. The van der Waals surface area contributed by atoms with Crippen LogP contribution in [0.3, 0.4) is 0 Å². The Kier molecular flexibility index (Phi) is 5.10. The zero-order valence-electron chi connectivity index (χ0n) is 16.8. The third-order valence-corrected chi connectivity index (χ3v) is 6.81. The fraction of sp³-hybridized carbons (Fsp3) is 0.682. The number of benzene rings is 1. The average Bonchev–Trinajstić information content (AvgIpc) is 2.66. The molecule has 0 aromatic heterocycles. The van der Waals surface area contributed by atoms with E-state index in [1.165, 1.54) is 12.5 Å². The van der Waals surface area contributed by atoms with Crippen molar-refractivity contribution >= 4 is 6.03 Å². The first kappa shape index (κ1) is 19.6. The zero-order chi connectivity index (χ0) is 19.9. The van der Waals surface area contributed by atoms with Gasteiger partial charge in [0.05, 0.1) is 11.6 Å². The zero-order valence-corrected chi connectivity index (χ0v) is 16.8. The van der Waals surface area contributed by atoms with Gasteiger partial charge in [-0.15, -0.1) is 0 Å². The highest BCUT2D eigenvalue weighted by molar-refractivity contribution is 5.76. The Morgan fingerprint density at radius 2 is 1.89 bits per heavy atom.